The van der Waals surface area contributed by atoms with E-state index in [4.69, 9.17) is 4.74 Å². The summed E-state index contributed by atoms with van der Waals surface area (Å²) in [6, 6.07) is 15.3. The van der Waals surface area contributed by atoms with Gasteiger partial charge in [-0.2, -0.15) is 5.10 Å². The van der Waals surface area contributed by atoms with E-state index in [2.05, 4.69) is 10.4 Å². The number of rotatable bonds is 6. The SMILES string of the molecule is COc1cccc(-c2nn(-c3ccc(C)cc3)cc2C(=O)NCC(C)O)c1. The van der Waals surface area contributed by atoms with Gasteiger partial charge in [0.15, 0.2) is 0 Å². The Bertz CT molecular complexity index is 930. The zero-order valence-electron chi connectivity index (χ0n) is 15.6. The van der Waals surface area contributed by atoms with Crippen molar-refractivity contribution >= 4 is 5.91 Å². The highest BCUT2D eigenvalue weighted by Gasteiger charge is 2.19. The van der Waals surface area contributed by atoms with Gasteiger partial charge in [0.05, 0.1) is 24.5 Å². The van der Waals surface area contributed by atoms with Gasteiger partial charge in [0, 0.05) is 18.3 Å². The Morgan fingerprint density at radius 2 is 2.00 bits per heavy atom. The number of hydrogen-bond acceptors (Lipinski definition) is 4. The Hall–Kier alpha value is -3.12. The third kappa shape index (κ3) is 4.35. The van der Waals surface area contributed by atoms with Gasteiger partial charge >= 0.3 is 0 Å². The number of nitrogens with zero attached hydrogens (tertiary/aromatic N) is 2. The molecule has 0 fully saturated rings. The van der Waals surface area contributed by atoms with Crippen LogP contribution in [0.25, 0.3) is 16.9 Å². The molecule has 1 atom stereocenters. The van der Waals surface area contributed by atoms with Crippen molar-refractivity contribution in [3.05, 3.63) is 65.9 Å². The molecule has 0 aliphatic heterocycles. The maximum atomic E-state index is 12.7. The summed E-state index contributed by atoms with van der Waals surface area (Å²) in [4.78, 5) is 12.7. The minimum absolute atomic E-state index is 0.173. The number of aryl methyl sites for hydroxylation is 1. The molecule has 140 valence electrons. The van der Waals surface area contributed by atoms with E-state index >= 15 is 0 Å². The van der Waals surface area contributed by atoms with E-state index in [0.29, 0.717) is 17.0 Å². The molecule has 1 unspecified atom stereocenters. The van der Waals surface area contributed by atoms with Crippen LogP contribution in [0.3, 0.4) is 0 Å². The lowest BCUT2D eigenvalue weighted by atomic mass is 10.1. The van der Waals surface area contributed by atoms with Crippen molar-refractivity contribution in [2.24, 2.45) is 0 Å². The van der Waals surface area contributed by atoms with E-state index in [1.807, 2.05) is 55.5 Å². The van der Waals surface area contributed by atoms with E-state index in [9.17, 15) is 9.90 Å². The van der Waals surface area contributed by atoms with Gasteiger partial charge in [-0.25, -0.2) is 4.68 Å². The first kappa shape index (κ1) is 18.7. The van der Waals surface area contributed by atoms with Gasteiger partial charge in [-0.05, 0) is 38.1 Å². The summed E-state index contributed by atoms with van der Waals surface area (Å²) in [5.41, 5.74) is 3.78. The standard InChI is InChI=1S/C21H23N3O3/c1-14-7-9-17(10-8-14)24-13-19(21(26)22-12-15(2)25)20(23-24)16-5-4-6-18(11-16)27-3/h4-11,13,15,25H,12H2,1-3H3,(H,22,26). The van der Waals surface area contributed by atoms with E-state index in [-0.39, 0.29) is 12.5 Å². The lowest BCUT2D eigenvalue weighted by molar-refractivity contribution is 0.0924. The molecule has 0 spiro atoms. The summed E-state index contributed by atoms with van der Waals surface area (Å²) < 4.78 is 6.98. The molecule has 27 heavy (non-hydrogen) atoms. The second kappa shape index (κ2) is 8.05. The highest BCUT2D eigenvalue weighted by molar-refractivity contribution is 6.00. The van der Waals surface area contributed by atoms with Crippen molar-refractivity contribution < 1.29 is 14.6 Å². The number of carbonyl (C=O) groups excluding carboxylic acids is 1. The Morgan fingerprint density at radius 3 is 2.67 bits per heavy atom. The van der Waals surface area contributed by atoms with E-state index in [1.165, 1.54) is 0 Å². The van der Waals surface area contributed by atoms with Gasteiger partial charge in [-0.15, -0.1) is 0 Å². The van der Waals surface area contributed by atoms with Gasteiger partial charge in [0.2, 0.25) is 0 Å². The number of benzene rings is 2. The van der Waals surface area contributed by atoms with Crippen molar-refractivity contribution in [1.29, 1.82) is 0 Å². The molecular formula is C21H23N3O3. The highest BCUT2D eigenvalue weighted by Crippen LogP contribution is 2.27. The van der Waals surface area contributed by atoms with Crippen LogP contribution >= 0.6 is 0 Å². The second-order valence-corrected chi connectivity index (χ2v) is 6.46. The molecule has 0 saturated carbocycles. The Kier molecular flexibility index (Phi) is 5.57. The number of amides is 1. The smallest absolute Gasteiger partial charge is 0.255 e. The van der Waals surface area contributed by atoms with Crippen LogP contribution in [0.2, 0.25) is 0 Å². The molecule has 0 aliphatic carbocycles. The summed E-state index contributed by atoms with van der Waals surface area (Å²) in [6.07, 6.45) is 1.08. The first-order chi connectivity index (χ1) is 13.0. The van der Waals surface area contributed by atoms with E-state index in [0.717, 1.165) is 16.8 Å². The lowest BCUT2D eigenvalue weighted by Gasteiger charge is -2.07. The van der Waals surface area contributed by atoms with Crippen molar-refractivity contribution in [2.75, 3.05) is 13.7 Å². The number of aliphatic hydroxyl groups excluding tert-OH is 1. The minimum Gasteiger partial charge on any atom is -0.497 e. The van der Waals surface area contributed by atoms with Crippen LogP contribution in [0.5, 0.6) is 5.75 Å². The third-order valence-corrected chi connectivity index (χ3v) is 4.16. The van der Waals surface area contributed by atoms with Crippen LogP contribution in [0.15, 0.2) is 54.7 Å². The van der Waals surface area contributed by atoms with Gasteiger partial charge in [-0.1, -0.05) is 29.8 Å². The minimum atomic E-state index is -0.624. The fraction of sp³-hybridized carbons (Fsp3) is 0.238. The Labute approximate surface area is 158 Å². The molecule has 1 aromatic heterocycles. The molecule has 3 aromatic rings. The summed E-state index contributed by atoms with van der Waals surface area (Å²) in [5, 5.41) is 16.8. The molecule has 6 nitrogen and oxygen atoms in total. The van der Waals surface area contributed by atoms with Crippen molar-refractivity contribution in [3.63, 3.8) is 0 Å². The molecule has 2 N–H and O–H groups in total. The van der Waals surface area contributed by atoms with Gasteiger partial charge in [-0.3, -0.25) is 4.79 Å². The van der Waals surface area contributed by atoms with Gasteiger partial charge < -0.3 is 15.2 Å². The maximum Gasteiger partial charge on any atom is 0.255 e. The first-order valence-corrected chi connectivity index (χ1v) is 8.75. The van der Waals surface area contributed by atoms with Crippen molar-refractivity contribution in [3.8, 4) is 22.7 Å². The molecular weight excluding hydrogens is 342 g/mol. The number of carbonyl (C=O) groups is 1. The summed E-state index contributed by atoms with van der Waals surface area (Å²) in [6.45, 7) is 3.81. The zero-order chi connectivity index (χ0) is 19.4. The number of methoxy groups -OCH3 is 1. The lowest BCUT2D eigenvalue weighted by Crippen LogP contribution is -2.30. The van der Waals surface area contributed by atoms with Gasteiger partial charge in [0.1, 0.15) is 11.4 Å². The molecule has 0 radical (unpaired) electrons. The van der Waals surface area contributed by atoms with Crippen LogP contribution in [0.1, 0.15) is 22.8 Å². The molecule has 3 rings (SSSR count). The predicted molar refractivity (Wildman–Crippen MR) is 104 cm³/mol. The van der Waals surface area contributed by atoms with E-state index < -0.39 is 6.10 Å². The molecule has 0 aliphatic rings. The molecule has 1 heterocycles. The third-order valence-electron chi connectivity index (χ3n) is 4.16. The monoisotopic (exact) mass is 365 g/mol. The molecule has 6 heteroatoms. The number of aliphatic hydroxyl groups is 1. The molecule has 1 amide bonds. The highest BCUT2D eigenvalue weighted by atomic mass is 16.5. The van der Waals surface area contributed by atoms with E-state index in [1.54, 1.807) is 24.9 Å². The van der Waals surface area contributed by atoms with Crippen LogP contribution in [0, 0.1) is 6.92 Å². The van der Waals surface area contributed by atoms with Crippen LogP contribution in [-0.4, -0.2) is 40.6 Å². The number of hydrogen-bond donors (Lipinski definition) is 2. The summed E-state index contributed by atoms with van der Waals surface area (Å²) in [5.74, 6) is 0.403. The second-order valence-electron chi connectivity index (χ2n) is 6.46. The zero-order valence-corrected chi connectivity index (χ0v) is 15.6. The quantitative estimate of drug-likeness (QED) is 0.704. The molecule has 0 saturated heterocycles. The average Bonchev–Trinajstić information content (AvgIpc) is 3.12. The molecule has 2 aromatic carbocycles. The van der Waals surface area contributed by atoms with Crippen LogP contribution in [0.4, 0.5) is 0 Å². The first-order valence-electron chi connectivity index (χ1n) is 8.75. The fourth-order valence-electron chi connectivity index (χ4n) is 2.69. The fourth-order valence-corrected chi connectivity index (χ4v) is 2.69. The largest absolute Gasteiger partial charge is 0.497 e. The molecule has 0 bridgehead atoms. The summed E-state index contributed by atoms with van der Waals surface area (Å²) in [7, 11) is 1.60. The Morgan fingerprint density at radius 1 is 1.26 bits per heavy atom. The Balaban J connectivity index is 2.05. The van der Waals surface area contributed by atoms with Gasteiger partial charge in [0.25, 0.3) is 5.91 Å². The van der Waals surface area contributed by atoms with Crippen LogP contribution in [-0.2, 0) is 0 Å². The summed E-state index contributed by atoms with van der Waals surface area (Å²) >= 11 is 0. The van der Waals surface area contributed by atoms with Crippen molar-refractivity contribution in [1.82, 2.24) is 15.1 Å². The normalized spacial score (nSPS) is 11.9. The number of ether oxygens (including phenoxy) is 1. The predicted octanol–water partition coefficient (Wildman–Crippen LogP) is 2.97. The number of aromatic nitrogens is 2. The maximum absolute atomic E-state index is 12.7. The van der Waals surface area contributed by atoms with Crippen LogP contribution < -0.4 is 10.1 Å². The van der Waals surface area contributed by atoms with Crippen molar-refractivity contribution in [2.45, 2.75) is 20.0 Å². The topological polar surface area (TPSA) is 76.4 Å². The number of nitrogens with one attached hydrogen (secondary N) is 1. The average molecular weight is 365 g/mol.